The van der Waals surface area contributed by atoms with E-state index in [1.54, 1.807) is 24.3 Å². The molecule has 0 heterocycles. The first kappa shape index (κ1) is 17.0. The number of rotatable bonds is 6. The van der Waals surface area contributed by atoms with Crippen molar-refractivity contribution in [3.8, 4) is 0 Å². The van der Waals surface area contributed by atoms with Gasteiger partial charge in [0.25, 0.3) is 5.91 Å². The predicted octanol–water partition coefficient (Wildman–Crippen LogP) is 2.84. The van der Waals surface area contributed by atoms with E-state index in [4.69, 9.17) is 5.73 Å². The first-order valence-electron chi connectivity index (χ1n) is 7.26. The van der Waals surface area contributed by atoms with Gasteiger partial charge in [-0.05, 0) is 42.0 Å². The average Bonchev–Trinajstić information content (AvgIpc) is 2.38. The summed E-state index contributed by atoms with van der Waals surface area (Å²) in [7, 11) is 0. The normalized spacial score (nSPS) is 11.0. The lowest BCUT2D eigenvalue weighted by Crippen LogP contribution is -2.33. The van der Waals surface area contributed by atoms with Crippen molar-refractivity contribution in [1.29, 1.82) is 0 Å². The van der Waals surface area contributed by atoms with Crippen LogP contribution >= 0.6 is 0 Å². The summed E-state index contributed by atoms with van der Waals surface area (Å²) in [6.07, 6.45) is 0. The molecule has 0 unspecified atom stereocenters. The van der Waals surface area contributed by atoms with Crippen LogP contribution in [-0.2, 0) is 0 Å². The molecule has 0 aliphatic carbocycles. The minimum Gasteiger partial charge on any atom is -0.352 e. The zero-order chi connectivity index (χ0) is 16.0. The largest absolute Gasteiger partial charge is 0.352 e. The first-order valence-corrected chi connectivity index (χ1v) is 7.26. The number of nitrogens with two attached hydrogens (primary N) is 1. The van der Waals surface area contributed by atoms with Crippen LogP contribution in [0.15, 0.2) is 24.3 Å². The van der Waals surface area contributed by atoms with Gasteiger partial charge in [0.15, 0.2) is 0 Å². The van der Waals surface area contributed by atoms with Crippen LogP contribution in [0.3, 0.4) is 0 Å². The lowest BCUT2D eigenvalue weighted by atomic mass is 9.85. The van der Waals surface area contributed by atoms with Crippen LogP contribution in [0.5, 0.6) is 0 Å². The Morgan fingerprint density at radius 3 is 2.00 bits per heavy atom. The second kappa shape index (κ2) is 7.67. The van der Waals surface area contributed by atoms with Gasteiger partial charge in [-0.1, -0.05) is 27.7 Å². The second-order valence-electron chi connectivity index (χ2n) is 5.93. The molecule has 1 aromatic carbocycles. The Labute approximate surface area is 126 Å². The Balaban J connectivity index is 2.61. The smallest absolute Gasteiger partial charge is 0.316 e. The maximum atomic E-state index is 12.1. The molecule has 0 spiro atoms. The monoisotopic (exact) mass is 291 g/mol. The van der Waals surface area contributed by atoms with Gasteiger partial charge in [0.2, 0.25) is 0 Å². The van der Waals surface area contributed by atoms with Gasteiger partial charge in [0.1, 0.15) is 0 Å². The van der Waals surface area contributed by atoms with Gasteiger partial charge in [-0.3, -0.25) is 4.79 Å². The number of hydrogen-bond donors (Lipinski definition) is 3. The van der Waals surface area contributed by atoms with Crippen LogP contribution in [0.1, 0.15) is 38.1 Å². The third-order valence-corrected chi connectivity index (χ3v) is 3.63. The molecular weight excluding hydrogens is 266 g/mol. The minimum atomic E-state index is -0.621. The molecule has 0 aliphatic heterocycles. The molecule has 5 nitrogen and oxygen atoms in total. The van der Waals surface area contributed by atoms with Crippen molar-refractivity contribution < 1.29 is 9.59 Å². The van der Waals surface area contributed by atoms with E-state index >= 15 is 0 Å². The molecule has 116 valence electrons. The number of anilines is 1. The number of carbonyl (C=O) groups is 2. The Morgan fingerprint density at radius 1 is 1.05 bits per heavy atom. The Bertz CT molecular complexity index is 473. The molecule has 21 heavy (non-hydrogen) atoms. The van der Waals surface area contributed by atoms with Crippen molar-refractivity contribution >= 4 is 17.6 Å². The Morgan fingerprint density at radius 2 is 1.57 bits per heavy atom. The average molecular weight is 291 g/mol. The van der Waals surface area contributed by atoms with Gasteiger partial charge < -0.3 is 16.4 Å². The summed E-state index contributed by atoms with van der Waals surface area (Å²) in [4.78, 5) is 22.8. The molecule has 1 rings (SSSR count). The number of benzene rings is 1. The molecule has 0 fully saturated rings. The third kappa shape index (κ3) is 5.45. The molecule has 0 aromatic heterocycles. The number of amides is 3. The Kier molecular flexibility index (Phi) is 6.21. The Hall–Kier alpha value is -2.04. The molecule has 5 heteroatoms. The van der Waals surface area contributed by atoms with Crippen molar-refractivity contribution in [1.82, 2.24) is 5.32 Å². The van der Waals surface area contributed by atoms with Crippen LogP contribution in [0.2, 0.25) is 0 Å². The van der Waals surface area contributed by atoms with Crippen molar-refractivity contribution in [3.05, 3.63) is 29.8 Å². The van der Waals surface area contributed by atoms with E-state index in [-0.39, 0.29) is 5.91 Å². The molecule has 0 saturated carbocycles. The van der Waals surface area contributed by atoms with Crippen molar-refractivity contribution in [2.75, 3.05) is 11.9 Å². The van der Waals surface area contributed by atoms with Gasteiger partial charge in [-0.25, -0.2) is 4.79 Å². The van der Waals surface area contributed by atoms with E-state index in [9.17, 15) is 9.59 Å². The van der Waals surface area contributed by atoms with Crippen molar-refractivity contribution in [2.45, 2.75) is 27.7 Å². The second-order valence-corrected chi connectivity index (χ2v) is 5.93. The third-order valence-electron chi connectivity index (χ3n) is 3.63. The summed E-state index contributed by atoms with van der Waals surface area (Å²) < 4.78 is 0. The number of nitrogens with one attached hydrogen (secondary N) is 2. The lowest BCUT2D eigenvalue weighted by Gasteiger charge is -2.25. The SMILES string of the molecule is CC(C)C(CNC(=O)c1ccc(NC(N)=O)cc1)C(C)C. The summed E-state index contributed by atoms with van der Waals surface area (Å²) >= 11 is 0. The maximum absolute atomic E-state index is 12.1. The van der Waals surface area contributed by atoms with Crippen LogP contribution in [0.4, 0.5) is 10.5 Å². The van der Waals surface area contributed by atoms with Gasteiger partial charge in [-0.15, -0.1) is 0 Å². The predicted molar refractivity (Wildman–Crippen MR) is 85.1 cm³/mol. The zero-order valence-electron chi connectivity index (χ0n) is 13.1. The minimum absolute atomic E-state index is 0.105. The molecule has 1 aromatic rings. The number of carbonyl (C=O) groups excluding carboxylic acids is 2. The molecule has 0 bridgehead atoms. The fourth-order valence-corrected chi connectivity index (χ4v) is 2.40. The molecular formula is C16H25N3O2. The molecule has 3 amide bonds. The highest BCUT2D eigenvalue weighted by molar-refractivity contribution is 5.95. The number of primary amides is 1. The van der Waals surface area contributed by atoms with E-state index in [1.807, 2.05) is 0 Å². The van der Waals surface area contributed by atoms with Crippen molar-refractivity contribution in [3.63, 3.8) is 0 Å². The zero-order valence-corrected chi connectivity index (χ0v) is 13.1. The fourth-order valence-electron chi connectivity index (χ4n) is 2.40. The highest BCUT2D eigenvalue weighted by Gasteiger charge is 2.18. The van der Waals surface area contributed by atoms with Crippen LogP contribution in [0, 0.1) is 17.8 Å². The summed E-state index contributed by atoms with van der Waals surface area (Å²) in [6.45, 7) is 9.33. The molecule has 0 radical (unpaired) electrons. The first-order chi connectivity index (χ1) is 9.81. The van der Waals surface area contributed by atoms with Gasteiger partial charge in [0, 0.05) is 17.8 Å². The van der Waals surface area contributed by atoms with Gasteiger partial charge >= 0.3 is 6.03 Å². The maximum Gasteiger partial charge on any atom is 0.316 e. The topological polar surface area (TPSA) is 84.2 Å². The summed E-state index contributed by atoms with van der Waals surface area (Å²) in [6, 6.07) is 6.02. The van der Waals surface area contributed by atoms with E-state index in [0.717, 1.165) is 0 Å². The van der Waals surface area contributed by atoms with Gasteiger partial charge in [0.05, 0.1) is 0 Å². The molecule has 0 saturated heterocycles. The summed E-state index contributed by atoms with van der Waals surface area (Å²) in [5.74, 6) is 1.39. The van der Waals surface area contributed by atoms with E-state index in [1.165, 1.54) is 0 Å². The van der Waals surface area contributed by atoms with Crippen LogP contribution in [-0.4, -0.2) is 18.5 Å². The fraction of sp³-hybridized carbons (Fsp3) is 0.500. The van der Waals surface area contributed by atoms with E-state index in [0.29, 0.717) is 35.5 Å². The van der Waals surface area contributed by atoms with Crippen molar-refractivity contribution in [2.24, 2.45) is 23.5 Å². The molecule has 4 N–H and O–H groups in total. The highest BCUT2D eigenvalue weighted by atomic mass is 16.2. The van der Waals surface area contributed by atoms with E-state index < -0.39 is 6.03 Å². The highest BCUT2D eigenvalue weighted by Crippen LogP contribution is 2.19. The van der Waals surface area contributed by atoms with Gasteiger partial charge in [-0.2, -0.15) is 0 Å². The molecule has 0 aliphatic rings. The summed E-state index contributed by atoms with van der Waals surface area (Å²) in [5, 5.41) is 5.43. The summed E-state index contributed by atoms with van der Waals surface area (Å²) in [5.41, 5.74) is 6.17. The lowest BCUT2D eigenvalue weighted by molar-refractivity contribution is 0.0937. The van der Waals surface area contributed by atoms with Crippen LogP contribution < -0.4 is 16.4 Å². The van der Waals surface area contributed by atoms with E-state index in [2.05, 4.69) is 38.3 Å². The number of hydrogen-bond acceptors (Lipinski definition) is 2. The van der Waals surface area contributed by atoms with Crippen LogP contribution in [0.25, 0.3) is 0 Å². The molecule has 0 atom stereocenters. The quantitative estimate of drug-likeness (QED) is 0.753. The number of urea groups is 1. The standard InChI is InChI=1S/C16H25N3O2/c1-10(2)14(11(3)4)9-18-15(20)12-5-7-13(8-6-12)19-16(17)21/h5-8,10-11,14H,9H2,1-4H3,(H,18,20)(H3,17,19,21).